The van der Waals surface area contributed by atoms with Crippen molar-refractivity contribution in [3.8, 4) is 0 Å². The minimum Gasteiger partial charge on any atom is -0.478 e. The van der Waals surface area contributed by atoms with E-state index in [0.29, 0.717) is 22.1 Å². The molecule has 0 aromatic heterocycles. The van der Waals surface area contributed by atoms with Crippen molar-refractivity contribution in [3.63, 3.8) is 0 Å². The number of halogens is 1. The van der Waals surface area contributed by atoms with Gasteiger partial charge in [-0.2, -0.15) is 0 Å². The molecule has 0 atom stereocenters. The van der Waals surface area contributed by atoms with Crippen molar-refractivity contribution >= 4 is 34.6 Å². The third-order valence-corrected chi connectivity index (χ3v) is 4.44. The van der Waals surface area contributed by atoms with Crippen molar-refractivity contribution in [2.24, 2.45) is 0 Å². The smallest absolute Gasteiger partial charge is 0.337 e. The van der Waals surface area contributed by atoms with Crippen LogP contribution in [0, 0.1) is 0 Å². The largest absolute Gasteiger partial charge is 0.478 e. The minimum atomic E-state index is -1.05. The molecular formula is C18H20ClN3O3. The lowest BCUT2D eigenvalue weighted by Gasteiger charge is -2.26. The van der Waals surface area contributed by atoms with Gasteiger partial charge in [-0.05, 0) is 29.8 Å². The second kappa shape index (κ2) is 7.74. The number of benzene rings is 2. The Hall–Kier alpha value is -2.28. The van der Waals surface area contributed by atoms with Gasteiger partial charge in [-0.1, -0.05) is 23.7 Å². The summed E-state index contributed by atoms with van der Waals surface area (Å²) < 4.78 is 5.35. The van der Waals surface area contributed by atoms with Crippen LogP contribution in [-0.2, 0) is 11.3 Å². The maximum absolute atomic E-state index is 11.4. The number of carboxylic acids is 1. The topological polar surface area (TPSA) is 87.8 Å². The number of para-hydroxylation sites is 1. The summed E-state index contributed by atoms with van der Waals surface area (Å²) in [5.41, 5.74) is 8.86. The number of carboxylic acid groups (broad SMARTS) is 1. The zero-order valence-corrected chi connectivity index (χ0v) is 14.4. The Balaban J connectivity index is 1.79. The maximum atomic E-state index is 11.4. The van der Waals surface area contributed by atoms with Crippen molar-refractivity contribution in [2.45, 2.75) is 6.54 Å². The van der Waals surface area contributed by atoms with E-state index in [1.165, 1.54) is 6.07 Å². The monoisotopic (exact) mass is 361 g/mol. The standard InChI is InChI=1S/C18H20ClN3O3/c19-14-3-1-2-13(18(23)24)17(14)21-16-5-4-12(10-15(16)20)11-22-6-8-25-9-7-22/h1-5,10,21H,6-9,11,20H2,(H,23,24). The first kappa shape index (κ1) is 17.5. The molecule has 0 spiro atoms. The average molecular weight is 362 g/mol. The quantitative estimate of drug-likeness (QED) is 0.709. The molecule has 1 aliphatic heterocycles. The van der Waals surface area contributed by atoms with Gasteiger partial charge < -0.3 is 20.9 Å². The Morgan fingerprint density at radius 3 is 2.72 bits per heavy atom. The van der Waals surface area contributed by atoms with E-state index in [0.717, 1.165) is 38.4 Å². The third-order valence-electron chi connectivity index (χ3n) is 4.13. The number of nitrogens with zero attached hydrogens (tertiary/aromatic N) is 1. The summed E-state index contributed by atoms with van der Waals surface area (Å²) in [6, 6.07) is 10.5. The Morgan fingerprint density at radius 2 is 2.04 bits per heavy atom. The van der Waals surface area contributed by atoms with E-state index in [1.54, 1.807) is 12.1 Å². The highest BCUT2D eigenvalue weighted by atomic mass is 35.5. The van der Waals surface area contributed by atoms with Crippen LogP contribution in [0.4, 0.5) is 17.1 Å². The van der Waals surface area contributed by atoms with Crippen molar-refractivity contribution in [1.29, 1.82) is 0 Å². The van der Waals surface area contributed by atoms with E-state index in [-0.39, 0.29) is 5.56 Å². The lowest BCUT2D eigenvalue weighted by atomic mass is 10.1. The van der Waals surface area contributed by atoms with Gasteiger partial charge in [-0.3, -0.25) is 4.90 Å². The van der Waals surface area contributed by atoms with Crippen LogP contribution >= 0.6 is 11.6 Å². The molecule has 1 fully saturated rings. The van der Waals surface area contributed by atoms with Crippen LogP contribution in [-0.4, -0.2) is 42.3 Å². The fourth-order valence-corrected chi connectivity index (χ4v) is 3.03. The van der Waals surface area contributed by atoms with Crippen LogP contribution in [0.3, 0.4) is 0 Å². The van der Waals surface area contributed by atoms with Crippen molar-refractivity contribution in [1.82, 2.24) is 4.90 Å². The number of nitrogens with one attached hydrogen (secondary N) is 1. The van der Waals surface area contributed by atoms with Gasteiger partial charge in [0.25, 0.3) is 0 Å². The van der Waals surface area contributed by atoms with Gasteiger partial charge in [0.2, 0.25) is 0 Å². The predicted molar refractivity (Wildman–Crippen MR) is 98.6 cm³/mol. The SMILES string of the molecule is Nc1cc(CN2CCOCC2)ccc1Nc1c(Cl)cccc1C(=O)O. The molecule has 0 bridgehead atoms. The predicted octanol–water partition coefficient (Wildman–Crippen LogP) is 3.20. The molecule has 1 aliphatic rings. The highest BCUT2D eigenvalue weighted by molar-refractivity contribution is 6.34. The van der Waals surface area contributed by atoms with E-state index in [9.17, 15) is 9.90 Å². The molecule has 2 aromatic carbocycles. The first-order valence-corrected chi connectivity index (χ1v) is 8.39. The average Bonchev–Trinajstić information content (AvgIpc) is 2.59. The summed E-state index contributed by atoms with van der Waals surface area (Å²) >= 11 is 6.15. The number of rotatable bonds is 5. The van der Waals surface area contributed by atoms with Crippen molar-refractivity contribution in [3.05, 3.63) is 52.5 Å². The van der Waals surface area contributed by atoms with E-state index < -0.39 is 5.97 Å². The normalized spacial score (nSPS) is 15.1. The van der Waals surface area contributed by atoms with Crippen LogP contribution < -0.4 is 11.1 Å². The number of carbonyl (C=O) groups is 1. The van der Waals surface area contributed by atoms with E-state index in [4.69, 9.17) is 22.1 Å². The zero-order valence-electron chi connectivity index (χ0n) is 13.7. The summed E-state index contributed by atoms with van der Waals surface area (Å²) in [5.74, 6) is -1.05. The van der Waals surface area contributed by atoms with Crippen LogP contribution in [0.25, 0.3) is 0 Å². The molecule has 0 unspecified atom stereocenters. The Morgan fingerprint density at radius 1 is 1.28 bits per heavy atom. The van der Waals surface area contributed by atoms with Gasteiger partial charge in [0, 0.05) is 19.6 Å². The van der Waals surface area contributed by atoms with Gasteiger partial charge in [-0.25, -0.2) is 4.79 Å². The molecule has 0 saturated carbocycles. The van der Waals surface area contributed by atoms with Gasteiger partial charge in [0.15, 0.2) is 0 Å². The number of ether oxygens (including phenoxy) is 1. The van der Waals surface area contributed by atoms with Crippen LogP contribution in [0.5, 0.6) is 0 Å². The molecule has 1 heterocycles. The summed E-state index contributed by atoms with van der Waals surface area (Å²) in [5, 5.41) is 12.7. The molecule has 25 heavy (non-hydrogen) atoms. The van der Waals surface area contributed by atoms with Gasteiger partial charge in [0.05, 0.1) is 40.9 Å². The fourth-order valence-electron chi connectivity index (χ4n) is 2.81. The van der Waals surface area contributed by atoms with Crippen molar-refractivity contribution in [2.75, 3.05) is 37.4 Å². The van der Waals surface area contributed by atoms with E-state index in [1.807, 2.05) is 18.2 Å². The fraction of sp³-hybridized carbons (Fsp3) is 0.278. The number of hydrogen-bond donors (Lipinski definition) is 3. The first-order valence-electron chi connectivity index (χ1n) is 8.02. The maximum Gasteiger partial charge on any atom is 0.337 e. The highest BCUT2D eigenvalue weighted by Crippen LogP contribution is 2.32. The van der Waals surface area contributed by atoms with E-state index in [2.05, 4.69) is 10.2 Å². The zero-order chi connectivity index (χ0) is 17.8. The molecule has 3 rings (SSSR count). The number of anilines is 3. The number of morpholine rings is 1. The van der Waals surface area contributed by atoms with Crippen molar-refractivity contribution < 1.29 is 14.6 Å². The minimum absolute atomic E-state index is 0.101. The number of aromatic carboxylic acids is 1. The molecule has 6 nitrogen and oxygen atoms in total. The summed E-state index contributed by atoms with van der Waals surface area (Å²) in [6.45, 7) is 4.11. The number of nitrogens with two attached hydrogens (primary N) is 1. The molecule has 132 valence electrons. The molecule has 2 aromatic rings. The highest BCUT2D eigenvalue weighted by Gasteiger charge is 2.15. The third kappa shape index (κ3) is 4.22. The summed E-state index contributed by atoms with van der Waals surface area (Å²) in [4.78, 5) is 13.7. The van der Waals surface area contributed by atoms with Gasteiger partial charge >= 0.3 is 5.97 Å². The number of hydrogen-bond acceptors (Lipinski definition) is 5. The first-order chi connectivity index (χ1) is 12.0. The Bertz CT molecular complexity index is 776. The second-order valence-electron chi connectivity index (χ2n) is 5.90. The summed E-state index contributed by atoms with van der Waals surface area (Å²) in [7, 11) is 0. The summed E-state index contributed by atoms with van der Waals surface area (Å²) in [6.07, 6.45) is 0. The van der Waals surface area contributed by atoms with E-state index >= 15 is 0 Å². The van der Waals surface area contributed by atoms with Gasteiger partial charge in [0.1, 0.15) is 0 Å². The molecule has 0 aliphatic carbocycles. The molecule has 0 radical (unpaired) electrons. The molecule has 7 heteroatoms. The Kier molecular flexibility index (Phi) is 5.43. The lowest BCUT2D eigenvalue weighted by molar-refractivity contribution is 0.0342. The number of nitrogen functional groups attached to an aromatic ring is 1. The lowest BCUT2D eigenvalue weighted by Crippen LogP contribution is -2.35. The molecular weight excluding hydrogens is 342 g/mol. The molecule has 0 amide bonds. The second-order valence-corrected chi connectivity index (χ2v) is 6.31. The Labute approximate surface area is 151 Å². The van der Waals surface area contributed by atoms with Crippen LogP contribution in [0.1, 0.15) is 15.9 Å². The molecule has 4 N–H and O–H groups in total. The van der Waals surface area contributed by atoms with Crippen LogP contribution in [0.15, 0.2) is 36.4 Å². The van der Waals surface area contributed by atoms with Gasteiger partial charge in [-0.15, -0.1) is 0 Å². The van der Waals surface area contributed by atoms with Crippen LogP contribution in [0.2, 0.25) is 5.02 Å². The molecule has 1 saturated heterocycles.